The van der Waals surface area contributed by atoms with Crippen molar-refractivity contribution in [2.75, 3.05) is 23.7 Å². The van der Waals surface area contributed by atoms with E-state index in [0.717, 1.165) is 42.7 Å². The number of nitrogens with zero attached hydrogens (tertiary/aromatic N) is 3. The van der Waals surface area contributed by atoms with Gasteiger partial charge in [-0.05, 0) is 72.4 Å². The lowest BCUT2D eigenvalue weighted by atomic mass is 9.88. The summed E-state index contributed by atoms with van der Waals surface area (Å²) < 4.78 is 5.81. The number of hydrogen-bond donors (Lipinski definition) is 3. The molecule has 6 rings (SSSR count). The first kappa shape index (κ1) is 26.3. The molecule has 2 amide bonds. The molecule has 0 spiro atoms. The van der Waals surface area contributed by atoms with E-state index in [2.05, 4.69) is 44.7 Å². The van der Waals surface area contributed by atoms with Crippen LogP contribution in [0, 0.1) is 0 Å². The van der Waals surface area contributed by atoms with Crippen LogP contribution < -0.4 is 20.7 Å². The van der Waals surface area contributed by atoms with Crippen LogP contribution in [-0.2, 0) is 9.59 Å². The van der Waals surface area contributed by atoms with Crippen LogP contribution in [0.1, 0.15) is 37.2 Å². The number of rotatable bonds is 6. The summed E-state index contributed by atoms with van der Waals surface area (Å²) in [6, 6.07) is 25.2. The van der Waals surface area contributed by atoms with Crippen LogP contribution >= 0.6 is 0 Å². The number of amides is 2. The number of phenolic OH excluding ortho intramolecular Hbond substituents is 1. The molecule has 1 unspecified atom stereocenters. The van der Waals surface area contributed by atoms with E-state index < -0.39 is 6.10 Å². The van der Waals surface area contributed by atoms with Gasteiger partial charge in [0.15, 0.2) is 11.9 Å². The highest BCUT2D eigenvalue weighted by Gasteiger charge is 2.28. The molecule has 2 saturated heterocycles. The normalized spacial score (nSPS) is 17.8. The number of carbonyl (C=O) groups is 2. The van der Waals surface area contributed by atoms with Gasteiger partial charge in [0.1, 0.15) is 11.5 Å². The summed E-state index contributed by atoms with van der Waals surface area (Å²) in [7, 11) is 0. The number of hydrogen-bond acceptors (Lipinski definition) is 8. The van der Waals surface area contributed by atoms with Crippen molar-refractivity contribution in [3.05, 3.63) is 84.4 Å². The smallest absolute Gasteiger partial charge is 0.267 e. The van der Waals surface area contributed by atoms with Gasteiger partial charge < -0.3 is 20.5 Å². The Bertz CT molecular complexity index is 1560. The third-order valence-electron chi connectivity index (χ3n) is 7.86. The maximum absolute atomic E-state index is 12.0. The number of benzene rings is 3. The van der Waals surface area contributed by atoms with Crippen molar-refractivity contribution in [3.8, 4) is 33.9 Å². The number of carbonyl (C=O) groups excluding carboxylic acids is 2. The van der Waals surface area contributed by atoms with E-state index in [-0.39, 0.29) is 17.6 Å². The predicted octanol–water partition coefficient (Wildman–Crippen LogP) is 4.67. The molecule has 2 fully saturated rings. The van der Waals surface area contributed by atoms with Gasteiger partial charge in [0.2, 0.25) is 5.91 Å². The first-order valence-corrected chi connectivity index (χ1v) is 13.8. The van der Waals surface area contributed by atoms with Crippen molar-refractivity contribution in [1.82, 2.24) is 15.5 Å². The minimum atomic E-state index is -0.633. The SMILES string of the molecule is Nc1nnc(-c2ccccc2O)cc1-c1ccc(C2CCN(c3ccc(OC4CCC(=O)NC4=O)cc3)CC2)cc1. The molecule has 4 N–H and O–H groups in total. The Morgan fingerprint density at radius 3 is 2.32 bits per heavy atom. The van der Waals surface area contributed by atoms with Crippen LogP contribution in [0.5, 0.6) is 11.5 Å². The van der Waals surface area contributed by atoms with E-state index in [1.807, 2.05) is 36.4 Å². The van der Waals surface area contributed by atoms with Crippen molar-refractivity contribution < 1.29 is 19.4 Å². The maximum atomic E-state index is 12.0. The Morgan fingerprint density at radius 1 is 0.878 bits per heavy atom. The topological polar surface area (TPSA) is 131 Å². The monoisotopic (exact) mass is 549 g/mol. The number of aromatic hydroxyl groups is 1. The quantitative estimate of drug-likeness (QED) is 0.296. The molecule has 3 aromatic carbocycles. The highest BCUT2D eigenvalue weighted by molar-refractivity contribution is 5.99. The van der Waals surface area contributed by atoms with Crippen LogP contribution in [0.3, 0.4) is 0 Å². The molecule has 9 nitrogen and oxygen atoms in total. The summed E-state index contributed by atoms with van der Waals surface area (Å²) in [6.07, 6.45) is 2.12. The maximum Gasteiger partial charge on any atom is 0.267 e. The number of aromatic nitrogens is 2. The third-order valence-corrected chi connectivity index (χ3v) is 7.86. The molecule has 3 heterocycles. The van der Waals surface area contributed by atoms with Gasteiger partial charge in [-0.1, -0.05) is 36.4 Å². The number of piperidine rings is 2. The lowest BCUT2D eigenvalue weighted by Crippen LogP contribution is -2.46. The summed E-state index contributed by atoms with van der Waals surface area (Å²) in [4.78, 5) is 25.7. The van der Waals surface area contributed by atoms with E-state index in [9.17, 15) is 14.7 Å². The van der Waals surface area contributed by atoms with E-state index in [1.165, 1.54) is 5.56 Å². The van der Waals surface area contributed by atoms with Gasteiger partial charge in [0.25, 0.3) is 5.91 Å². The lowest BCUT2D eigenvalue weighted by Gasteiger charge is -2.34. The Labute approximate surface area is 238 Å². The first-order valence-electron chi connectivity index (χ1n) is 13.8. The van der Waals surface area contributed by atoms with Gasteiger partial charge in [0.05, 0.1) is 5.69 Å². The van der Waals surface area contributed by atoms with Crippen LogP contribution in [0.4, 0.5) is 11.5 Å². The number of ether oxygens (including phenoxy) is 1. The summed E-state index contributed by atoms with van der Waals surface area (Å²) >= 11 is 0. The van der Waals surface area contributed by atoms with Crippen molar-refractivity contribution in [2.24, 2.45) is 0 Å². The number of nitrogens with two attached hydrogens (primary N) is 1. The van der Waals surface area contributed by atoms with Crippen molar-refractivity contribution >= 4 is 23.3 Å². The molecule has 2 aliphatic rings. The van der Waals surface area contributed by atoms with E-state index in [1.54, 1.807) is 18.2 Å². The predicted molar refractivity (Wildman–Crippen MR) is 156 cm³/mol. The Hall–Kier alpha value is -4.92. The fourth-order valence-corrected chi connectivity index (χ4v) is 5.55. The van der Waals surface area contributed by atoms with Gasteiger partial charge >= 0.3 is 0 Å². The van der Waals surface area contributed by atoms with Crippen LogP contribution in [-0.4, -0.2) is 46.3 Å². The molecule has 4 aromatic rings. The minimum absolute atomic E-state index is 0.149. The largest absolute Gasteiger partial charge is 0.507 e. The number of phenols is 1. The highest BCUT2D eigenvalue weighted by Crippen LogP contribution is 2.35. The van der Waals surface area contributed by atoms with Gasteiger partial charge in [-0.25, -0.2) is 0 Å². The summed E-state index contributed by atoms with van der Waals surface area (Å²) in [5.74, 6) is 0.948. The van der Waals surface area contributed by atoms with Gasteiger partial charge in [0, 0.05) is 42.7 Å². The molecule has 1 aromatic heterocycles. The number of para-hydroxylation sites is 1. The standard InChI is InChI=1S/C32H31N5O4/c33-31-26(19-27(35-36-31)25-3-1-2-4-28(25)38)22-7-5-20(6-8-22)21-15-17-37(18-16-21)23-9-11-24(12-10-23)41-29-13-14-30(39)34-32(29)40/h1-12,19,21,29,38H,13-18H2,(H2,33,36)(H,34,39,40). The molecule has 0 bridgehead atoms. The van der Waals surface area contributed by atoms with Crippen molar-refractivity contribution in [3.63, 3.8) is 0 Å². The molecule has 0 radical (unpaired) electrons. The van der Waals surface area contributed by atoms with Gasteiger partial charge in [-0.2, -0.15) is 0 Å². The minimum Gasteiger partial charge on any atom is -0.507 e. The average Bonchev–Trinajstić information content (AvgIpc) is 3.00. The van der Waals surface area contributed by atoms with Crippen molar-refractivity contribution in [2.45, 2.75) is 37.7 Å². The highest BCUT2D eigenvalue weighted by atomic mass is 16.5. The average molecular weight is 550 g/mol. The van der Waals surface area contributed by atoms with E-state index in [4.69, 9.17) is 10.5 Å². The second-order valence-electron chi connectivity index (χ2n) is 10.5. The molecular formula is C32H31N5O4. The summed E-state index contributed by atoms with van der Waals surface area (Å²) in [5, 5.41) is 20.9. The molecule has 0 saturated carbocycles. The van der Waals surface area contributed by atoms with Crippen LogP contribution in [0.25, 0.3) is 22.4 Å². The molecule has 208 valence electrons. The molecule has 41 heavy (non-hydrogen) atoms. The second-order valence-corrected chi connectivity index (χ2v) is 10.5. The van der Waals surface area contributed by atoms with E-state index >= 15 is 0 Å². The fraction of sp³-hybridized carbons (Fsp3) is 0.250. The van der Waals surface area contributed by atoms with Crippen LogP contribution in [0.2, 0.25) is 0 Å². The first-order chi connectivity index (χ1) is 19.9. The zero-order valence-corrected chi connectivity index (χ0v) is 22.5. The lowest BCUT2D eigenvalue weighted by molar-refractivity contribution is -0.138. The Balaban J connectivity index is 1.07. The molecule has 2 aliphatic heterocycles. The van der Waals surface area contributed by atoms with Gasteiger partial charge in [-0.15, -0.1) is 10.2 Å². The summed E-state index contributed by atoms with van der Waals surface area (Å²) in [5.41, 5.74) is 11.5. The van der Waals surface area contributed by atoms with E-state index in [0.29, 0.717) is 41.6 Å². The van der Waals surface area contributed by atoms with Crippen molar-refractivity contribution in [1.29, 1.82) is 0 Å². The zero-order valence-electron chi connectivity index (χ0n) is 22.5. The second kappa shape index (κ2) is 11.3. The Kier molecular flexibility index (Phi) is 7.24. The number of imide groups is 1. The third kappa shape index (κ3) is 5.70. The molecule has 1 atom stereocenters. The number of nitrogens with one attached hydrogen (secondary N) is 1. The number of anilines is 2. The molecule has 0 aliphatic carbocycles. The van der Waals surface area contributed by atoms with Crippen LogP contribution in [0.15, 0.2) is 78.9 Å². The summed E-state index contributed by atoms with van der Waals surface area (Å²) in [6.45, 7) is 1.87. The zero-order chi connectivity index (χ0) is 28.3. The Morgan fingerprint density at radius 2 is 1.61 bits per heavy atom. The molecular weight excluding hydrogens is 518 g/mol. The fourth-order valence-electron chi connectivity index (χ4n) is 5.55. The number of nitrogen functional groups attached to an aromatic ring is 1. The van der Waals surface area contributed by atoms with Gasteiger partial charge in [-0.3, -0.25) is 14.9 Å². The molecule has 9 heteroatoms.